The van der Waals surface area contributed by atoms with Crippen molar-refractivity contribution in [1.29, 1.82) is 0 Å². The largest absolute Gasteiger partial charge is 0.341 e. The van der Waals surface area contributed by atoms with E-state index in [2.05, 4.69) is 41.6 Å². The molecule has 11 nitrogen and oxygen atoms in total. The summed E-state index contributed by atoms with van der Waals surface area (Å²) in [7, 11) is 0. The Morgan fingerprint density at radius 1 is 0.973 bits per heavy atom. The predicted octanol–water partition coefficient (Wildman–Crippen LogP) is 2.60. The van der Waals surface area contributed by atoms with E-state index in [0.29, 0.717) is 28.4 Å². The number of anilines is 1. The van der Waals surface area contributed by atoms with E-state index in [1.165, 1.54) is 17.7 Å². The highest BCUT2D eigenvalue weighted by Gasteiger charge is 2.35. The Balaban J connectivity index is 1.12. The van der Waals surface area contributed by atoms with Gasteiger partial charge in [-0.2, -0.15) is 0 Å². The summed E-state index contributed by atoms with van der Waals surface area (Å²) in [5.41, 5.74) is 2.23. The van der Waals surface area contributed by atoms with Gasteiger partial charge in [-0.15, -0.1) is 16.4 Å². The molecule has 0 saturated heterocycles. The number of rotatable bonds is 7. The van der Waals surface area contributed by atoms with Crippen molar-refractivity contribution >= 4 is 56.8 Å². The number of carbonyl (C=O) groups excluding carboxylic acids is 4. The molecule has 37 heavy (non-hydrogen) atoms. The molecule has 0 saturated carbocycles. The molecule has 186 valence electrons. The highest BCUT2D eigenvalue weighted by atomic mass is 79.9. The van der Waals surface area contributed by atoms with Crippen molar-refractivity contribution in [2.75, 3.05) is 5.32 Å². The fourth-order valence-electron chi connectivity index (χ4n) is 3.69. The number of nitrogens with zero attached hydrogens (tertiary/aromatic N) is 5. The van der Waals surface area contributed by atoms with Crippen LogP contribution in [0, 0.1) is 0 Å². The smallest absolute Gasteiger partial charge is 0.316 e. The lowest BCUT2D eigenvalue weighted by Gasteiger charge is -2.11. The van der Waals surface area contributed by atoms with E-state index in [-0.39, 0.29) is 30.9 Å². The summed E-state index contributed by atoms with van der Waals surface area (Å²) >= 11 is 4.66. The maximum absolute atomic E-state index is 12.5. The number of amides is 4. The lowest BCUT2D eigenvalue weighted by molar-refractivity contribution is -0.136. The molecule has 0 bridgehead atoms. The second-order valence-corrected chi connectivity index (χ2v) is 9.87. The van der Waals surface area contributed by atoms with Crippen LogP contribution in [-0.4, -0.2) is 48.3 Å². The van der Waals surface area contributed by atoms with Gasteiger partial charge in [0.25, 0.3) is 11.8 Å². The average Bonchev–Trinajstić information content (AvgIpc) is 3.59. The van der Waals surface area contributed by atoms with Gasteiger partial charge in [-0.25, -0.2) is 14.6 Å². The van der Waals surface area contributed by atoms with Crippen LogP contribution in [0.5, 0.6) is 0 Å². The van der Waals surface area contributed by atoms with Gasteiger partial charge in [0.05, 0.1) is 36.5 Å². The minimum atomic E-state index is -0.914. The van der Waals surface area contributed by atoms with Gasteiger partial charge in [0.15, 0.2) is 0 Å². The van der Waals surface area contributed by atoms with Crippen LogP contribution in [0.1, 0.15) is 37.0 Å². The third-order valence-electron chi connectivity index (χ3n) is 5.40. The Morgan fingerprint density at radius 3 is 2.46 bits per heavy atom. The van der Waals surface area contributed by atoms with Crippen LogP contribution in [0.3, 0.4) is 0 Å². The van der Waals surface area contributed by atoms with Crippen molar-refractivity contribution in [3.63, 3.8) is 0 Å². The zero-order valence-electron chi connectivity index (χ0n) is 19.1. The third kappa shape index (κ3) is 5.47. The molecule has 0 aliphatic carbocycles. The Hall–Kier alpha value is -4.23. The number of benzene rings is 2. The van der Waals surface area contributed by atoms with Crippen molar-refractivity contribution in [1.82, 2.24) is 30.0 Å². The number of nitrogens with one attached hydrogen (secondary N) is 2. The first-order valence-corrected chi connectivity index (χ1v) is 12.7. The van der Waals surface area contributed by atoms with Gasteiger partial charge in [-0.05, 0) is 29.8 Å². The second-order valence-electron chi connectivity index (χ2n) is 8.01. The lowest BCUT2D eigenvalue weighted by atomic mass is 10.1. The van der Waals surface area contributed by atoms with E-state index < -0.39 is 11.8 Å². The topological polar surface area (TPSA) is 139 Å². The number of halogens is 1. The molecule has 0 fully saturated rings. The minimum Gasteiger partial charge on any atom is -0.341 e. The van der Waals surface area contributed by atoms with Crippen LogP contribution in [0.4, 0.5) is 5.95 Å². The van der Waals surface area contributed by atoms with Crippen molar-refractivity contribution in [3.05, 3.63) is 92.1 Å². The van der Waals surface area contributed by atoms with Crippen molar-refractivity contribution in [3.8, 4) is 0 Å². The number of aromatic nitrogens is 4. The van der Waals surface area contributed by atoms with E-state index >= 15 is 0 Å². The number of carbonyl (C=O) groups is 4. The van der Waals surface area contributed by atoms with E-state index in [4.69, 9.17) is 0 Å². The number of imide groups is 1. The quantitative estimate of drug-likeness (QED) is 0.253. The molecule has 2 aromatic heterocycles. The normalized spacial score (nSPS) is 12.5. The average molecular weight is 580 g/mol. The van der Waals surface area contributed by atoms with Gasteiger partial charge < -0.3 is 5.32 Å². The standard InChI is InChI=1S/C24H18BrN7O4S/c25-15-5-3-4-14(8-15)10-31-13-27-24(30-31)29-21(34)20(33)26-9-19-28-16(12-37-19)11-32-22(35)17-6-1-2-7-18(17)23(32)36/h1-8,12-13H,9-11H2,(H,26,33)(H,29,30,34). The zero-order chi connectivity index (χ0) is 25.9. The fraction of sp³-hybridized carbons (Fsp3) is 0.125. The molecule has 1 aliphatic heterocycles. The van der Waals surface area contributed by atoms with E-state index in [9.17, 15) is 19.2 Å². The van der Waals surface area contributed by atoms with Crippen LogP contribution in [-0.2, 0) is 29.2 Å². The maximum Gasteiger partial charge on any atom is 0.316 e. The summed E-state index contributed by atoms with van der Waals surface area (Å²) in [5, 5.41) is 11.2. The predicted molar refractivity (Wildman–Crippen MR) is 137 cm³/mol. The number of hydrogen-bond donors (Lipinski definition) is 2. The molecule has 3 heterocycles. The van der Waals surface area contributed by atoms with E-state index in [1.807, 2.05) is 24.3 Å². The second kappa shape index (κ2) is 10.4. The van der Waals surface area contributed by atoms with Crippen LogP contribution >= 0.6 is 27.3 Å². The Bertz CT molecular complexity index is 1500. The number of fused-ring (bicyclic) bond motifs is 1. The molecular formula is C24H18BrN7O4S. The molecule has 0 atom stereocenters. The maximum atomic E-state index is 12.5. The summed E-state index contributed by atoms with van der Waals surface area (Å²) < 4.78 is 2.48. The zero-order valence-corrected chi connectivity index (χ0v) is 21.5. The van der Waals surface area contributed by atoms with E-state index in [0.717, 1.165) is 14.9 Å². The Morgan fingerprint density at radius 2 is 1.73 bits per heavy atom. The summed E-state index contributed by atoms with van der Waals surface area (Å²) in [6.45, 7) is 0.469. The highest BCUT2D eigenvalue weighted by Crippen LogP contribution is 2.24. The fourth-order valence-corrected chi connectivity index (χ4v) is 4.86. The first-order chi connectivity index (χ1) is 17.9. The van der Waals surface area contributed by atoms with Gasteiger partial charge in [0.2, 0.25) is 5.95 Å². The van der Waals surface area contributed by atoms with Gasteiger partial charge >= 0.3 is 11.8 Å². The molecule has 0 radical (unpaired) electrons. The van der Waals surface area contributed by atoms with Crippen LogP contribution in [0.15, 0.2) is 64.7 Å². The molecule has 2 N–H and O–H groups in total. The molecule has 1 aliphatic rings. The lowest BCUT2D eigenvalue weighted by Crippen LogP contribution is -2.35. The van der Waals surface area contributed by atoms with Crippen LogP contribution in [0.2, 0.25) is 0 Å². The number of thiazole rings is 1. The van der Waals surface area contributed by atoms with Gasteiger partial charge in [-0.3, -0.25) is 29.4 Å². The van der Waals surface area contributed by atoms with Gasteiger partial charge in [0.1, 0.15) is 11.3 Å². The van der Waals surface area contributed by atoms with Crippen molar-refractivity contribution in [2.45, 2.75) is 19.6 Å². The van der Waals surface area contributed by atoms with Crippen molar-refractivity contribution in [2.24, 2.45) is 0 Å². The van der Waals surface area contributed by atoms with Gasteiger partial charge in [0, 0.05) is 9.85 Å². The number of hydrogen-bond acceptors (Lipinski definition) is 8. The summed E-state index contributed by atoms with van der Waals surface area (Å²) in [6.07, 6.45) is 1.46. The Labute approximate surface area is 222 Å². The molecule has 4 amide bonds. The molecule has 0 spiro atoms. The van der Waals surface area contributed by atoms with Crippen molar-refractivity contribution < 1.29 is 19.2 Å². The first-order valence-electron chi connectivity index (χ1n) is 11.0. The molecule has 5 rings (SSSR count). The SMILES string of the molecule is O=C(NCc1nc(CN2C(=O)c3ccccc3C2=O)cs1)C(=O)Nc1ncn(Cc2cccc(Br)c2)n1. The summed E-state index contributed by atoms with van der Waals surface area (Å²) in [6, 6.07) is 14.3. The molecular weight excluding hydrogens is 562 g/mol. The third-order valence-corrected chi connectivity index (χ3v) is 6.79. The van der Waals surface area contributed by atoms with E-state index in [1.54, 1.807) is 34.3 Å². The summed E-state index contributed by atoms with van der Waals surface area (Å²) in [4.78, 5) is 59.1. The van der Waals surface area contributed by atoms with Gasteiger partial charge in [-0.1, -0.05) is 40.2 Å². The highest BCUT2D eigenvalue weighted by molar-refractivity contribution is 9.10. The Kier molecular flexibility index (Phi) is 6.88. The molecule has 13 heteroatoms. The molecule has 2 aromatic carbocycles. The summed E-state index contributed by atoms with van der Waals surface area (Å²) in [5.74, 6) is -2.52. The molecule has 4 aromatic rings. The van der Waals surface area contributed by atoms with Crippen LogP contribution < -0.4 is 10.6 Å². The monoisotopic (exact) mass is 579 g/mol. The minimum absolute atomic E-state index is 0.00376. The van der Waals surface area contributed by atoms with Crippen LogP contribution in [0.25, 0.3) is 0 Å². The molecule has 0 unspecified atom stereocenters. The first kappa shape index (κ1) is 24.5.